The lowest BCUT2D eigenvalue weighted by atomic mass is 10.1. The molecule has 0 saturated carbocycles. The van der Waals surface area contributed by atoms with Gasteiger partial charge < -0.3 is 4.90 Å². The Kier molecular flexibility index (Phi) is 5.62. The molecule has 1 aromatic carbocycles. The number of aryl methyl sites for hydroxylation is 1. The highest BCUT2D eigenvalue weighted by atomic mass is 32.1. The van der Waals surface area contributed by atoms with E-state index in [0.717, 1.165) is 44.2 Å². The smallest absolute Gasteiger partial charge is 0.0991 e. The van der Waals surface area contributed by atoms with Gasteiger partial charge in [-0.1, -0.05) is 12.1 Å². The molecule has 4 nitrogen and oxygen atoms in total. The summed E-state index contributed by atoms with van der Waals surface area (Å²) in [6.45, 7) is 7.54. The summed E-state index contributed by atoms with van der Waals surface area (Å²) in [6.07, 6.45) is 1.27. The Bertz CT molecular complexity index is 701. The van der Waals surface area contributed by atoms with Gasteiger partial charge in [-0.2, -0.15) is 5.26 Å². The van der Waals surface area contributed by atoms with E-state index in [4.69, 9.17) is 5.26 Å². The molecule has 0 radical (unpaired) electrons. The third-order valence-corrected chi connectivity index (χ3v) is 5.61. The van der Waals surface area contributed by atoms with E-state index in [1.807, 2.05) is 17.6 Å². The first-order valence-electron chi connectivity index (χ1n) is 8.43. The Morgan fingerprint density at radius 1 is 1.38 bits per heavy atom. The molecular formula is C19H24N4S. The van der Waals surface area contributed by atoms with Crippen molar-refractivity contribution in [1.29, 1.82) is 5.26 Å². The van der Waals surface area contributed by atoms with Gasteiger partial charge in [-0.05, 0) is 50.6 Å². The van der Waals surface area contributed by atoms with Crippen molar-refractivity contribution in [2.45, 2.75) is 26.4 Å². The highest BCUT2D eigenvalue weighted by molar-refractivity contribution is 7.09. The average molecular weight is 340 g/mol. The minimum Gasteiger partial charge on any atom is -0.301 e. The zero-order chi connectivity index (χ0) is 16.9. The van der Waals surface area contributed by atoms with Crippen molar-refractivity contribution in [3.63, 3.8) is 0 Å². The van der Waals surface area contributed by atoms with E-state index in [0.29, 0.717) is 0 Å². The van der Waals surface area contributed by atoms with Crippen molar-refractivity contribution in [2.75, 3.05) is 26.7 Å². The molecule has 0 bridgehead atoms. The van der Waals surface area contributed by atoms with Gasteiger partial charge >= 0.3 is 0 Å². The molecule has 1 fully saturated rings. The average Bonchev–Trinajstić information content (AvgIpc) is 3.18. The van der Waals surface area contributed by atoms with Crippen molar-refractivity contribution in [3.8, 4) is 6.07 Å². The van der Waals surface area contributed by atoms with Gasteiger partial charge in [0.05, 0.1) is 22.8 Å². The molecule has 0 aliphatic carbocycles. The van der Waals surface area contributed by atoms with E-state index < -0.39 is 0 Å². The van der Waals surface area contributed by atoms with Gasteiger partial charge in [-0.3, -0.25) is 4.90 Å². The molecule has 0 amide bonds. The summed E-state index contributed by atoms with van der Waals surface area (Å²) in [6, 6.07) is 10.1. The number of benzene rings is 1. The second-order valence-corrected chi connectivity index (χ2v) is 7.70. The monoisotopic (exact) mass is 340 g/mol. The van der Waals surface area contributed by atoms with Crippen LogP contribution in [0.4, 0.5) is 0 Å². The van der Waals surface area contributed by atoms with Crippen molar-refractivity contribution in [2.24, 2.45) is 5.92 Å². The predicted molar refractivity (Wildman–Crippen MR) is 97.7 cm³/mol. The maximum Gasteiger partial charge on any atom is 0.0991 e. The van der Waals surface area contributed by atoms with Crippen molar-refractivity contribution >= 4 is 11.3 Å². The fourth-order valence-corrected chi connectivity index (χ4v) is 4.23. The Balaban J connectivity index is 1.46. The number of nitrogens with zero attached hydrogens (tertiary/aromatic N) is 4. The maximum atomic E-state index is 8.87. The zero-order valence-electron chi connectivity index (χ0n) is 14.4. The number of nitriles is 1. The molecule has 2 aromatic rings. The molecule has 1 aliphatic rings. The minimum atomic E-state index is 0.734. The second-order valence-electron chi connectivity index (χ2n) is 6.76. The molecule has 1 aliphatic heterocycles. The van der Waals surface area contributed by atoms with Crippen LogP contribution in [0.15, 0.2) is 29.8 Å². The molecule has 1 atom stereocenters. The summed E-state index contributed by atoms with van der Waals surface area (Å²) >= 11 is 1.75. The summed E-state index contributed by atoms with van der Waals surface area (Å²) in [5, 5.41) is 8.87. The Morgan fingerprint density at radius 3 is 2.83 bits per heavy atom. The fraction of sp³-hybridized carbons (Fsp3) is 0.474. The molecule has 3 rings (SSSR count). The number of aromatic nitrogens is 1. The summed E-state index contributed by atoms with van der Waals surface area (Å²) in [5.41, 5.74) is 5.13. The van der Waals surface area contributed by atoms with E-state index in [-0.39, 0.29) is 0 Å². The summed E-state index contributed by atoms with van der Waals surface area (Å²) in [4.78, 5) is 10.7. The molecule has 126 valence electrons. The number of rotatable bonds is 6. The topological polar surface area (TPSA) is 43.2 Å². The molecular weight excluding hydrogens is 316 g/mol. The lowest BCUT2D eigenvalue weighted by Gasteiger charge is -2.21. The molecule has 0 N–H and O–H groups in total. The minimum absolute atomic E-state index is 0.734. The lowest BCUT2D eigenvalue weighted by molar-refractivity contribution is 0.256. The SMILES string of the molecule is Cc1ncsc1CN(C)CC1CCN(Cc2ccc(C#N)cc2)C1. The van der Waals surface area contributed by atoms with Crippen molar-refractivity contribution in [1.82, 2.24) is 14.8 Å². The highest BCUT2D eigenvalue weighted by Gasteiger charge is 2.23. The van der Waals surface area contributed by atoms with E-state index in [2.05, 4.69) is 47.0 Å². The number of hydrogen-bond donors (Lipinski definition) is 0. The Hall–Kier alpha value is -1.74. The molecule has 1 saturated heterocycles. The predicted octanol–water partition coefficient (Wildman–Crippen LogP) is 3.28. The Labute approximate surface area is 148 Å². The van der Waals surface area contributed by atoms with Gasteiger partial charge in [0.2, 0.25) is 0 Å². The van der Waals surface area contributed by atoms with Crippen molar-refractivity contribution in [3.05, 3.63) is 51.5 Å². The normalized spacial score (nSPS) is 18.2. The van der Waals surface area contributed by atoms with Crippen LogP contribution in [0.2, 0.25) is 0 Å². The first-order valence-corrected chi connectivity index (χ1v) is 9.31. The van der Waals surface area contributed by atoms with Crippen LogP contribution < -0.4 is 0 Å². The quantitative estimate of drug-likeness (QED) is 0.809. The van der Waals surface area contributed by atoms with Gasteiger partial charge in [0, 0.05) is 31.1 Å². The number of likely N-dealkylation sites (tertiary alicyclic amines) is 1. The van der Waals surface area contributed by atoms with Crippen LogP contribution in [0.3, 0.4) is 0 Å². The van der Waals surface area contributed by atoms with Gasteiger partial charge in [-0.15, -0.1) is 11.3 Å². The maximum absolute atomic E-state index is 8.87. The molecule has 1 aromatic heterocycles. The molecule has 0 spiro atoms. The van der Waals surface area contributed by atoms with Crippen LogP contribution in [0, 0.1) is 24.2 Å². The van der Waals surface area contributed by atoms with E-state index in [1.54, 1.807) is 11.3 Å². The zero-order valence-corrected chi connectivity index (χ0v) is 15.2. The second kappa shape index (κ2) is 7.89. The third kappa shape index (κ3) is 4.41. The molecule has 2 heterocycles. The van der Waals surface area contributed by atoms with Crippen LogP contribution in [-0.4, -0.2) is 41.5 Å². The van der Waals surface area contributed by atoms with Crippen LogP contribution in [0.25, 0.3) is 0 Å². The molecule has 5 heteroatoms. The molecule has 1 unspecified atom stereocenters. The number of thiazole rings is 1. The molecule has 24 heavy (non-hydrogen) atoms. The Morgan fingerprint density at radius 2 is 2.17 bits per heavy atom. The number of hydrogen-bond acceptors (Lipinski definition) is 5. The van der Waals surface area contributed by atoms with Crippen molar-refractivity contribution < 1.29 is 0 Å². The van der Waals surface area contributed by atoms with Crippen LogP contribution in [0.1, 0.15) is 28.1 Å². The van der Waals surface area contributed by atoms with E-state index in [9.17, 15) is 0 Å². The van der Waals surface area contributed by atoms with E-state index in [1.165, 1.54) is 22.6 Å². The highest BCUT2D eigenvalue weighted by Crippen LogP contribution is 2.21. The van der Waals surface area contributed by atoms with Crippen LogP contribution in [-0.2, 0) is 13.1 Å². The van der Waals surface area contributed by atoms with Gasteiger partial charge in [0.15, 0.2) is 0 Å². The van der Waals surface area contributed by atoms with Gasteiger partial charge in [0.1, 0.15) is 0 Å². The summed E-state index contributed by atoms with van der Waals surface area (Å²) in [7, 11) is 2.21. The van der Waals surface area contributed by atoms with Gasteiger partial charge in [0.25, 0.3) is 0 Å². The fourth-order valence-electron chi connectivity index (χ4n) is 3.38. The van der Waals surface area contributed by atoms with Crippen LogP contribution >= 0.6 is 11.3 Å². The first kappa shape index (κ1) is 17.1. The summed E-state index contributed by atoms with van der Waals surface area (Å²) < 4.78 is 0. The largest absolute Gasteiger partial charge is 0.301 e. The third-order valence-electron chi connectivity index (χ3n) is 4.69. The van der Waals surface area contributed by atoms with E-state index >= 15 is 0 Å². The first-order chi connectivity index (χ1) is 11.6. The van der Waals surface area contributed by atoms with Gasteiger partial charge in [-0.25, -0.2) is 4.98 Å². The standard InChI is InChI=1S/C19H24N4S/c1-15-19(24-14-21-15)13-22(2)10-18-7-8-23(12-18)11-17-5-3-16(9-20)4-6-17/h3-6,14,18H,7-8,10-13H2,1-2H3. The summed E-state index contributed by atoms with van der Waals surface area (Å²) in [5.74, 6) is 0.738. The van der Waals surface area contributed by atoms with Crippen LogP contribution in [0.5, 0.6) is 0 Å². The lowest BCUT2D eigenvalue weighted by Crippen LogP contribution is -2.28.